The summed E-state index contributed by atoms with van der Waals surface area (Å²) in [5.74, 6) is 4.89. The summed E-state index contributed by atoms with van der Waals surface area (Å²) in [6, 6.07) is 0. The first kappa shape index (κ1) is 9.89. The molecule has 12 heavy (non-hydrogen) atoms. The number of halogens is 1. The number of nitrogens with zero attached hydrogens (tertiary/aromatic N) is 1. The van der Waals surface area contributed by atoms with Crippen LogP contribution in [-0.2, 0) is 4.84 Å². The maximum Gasteiger partial charge on any atom is 0.103 e. The Bertz CT molecular complexity index is 116. The first-order valence-electron chi connectivity index (χ1n) is 4.51. The molecular weight excluding hydrogens is 159 g/mol. The first-order valence-corrected chi connectivity index (χ1v) is 4.51. The third-order valence-corrected chi connectivity index (χ3v) is 2.25. The number of nitrogens with two attached hydrogens (primary N) is 1. The summed E-state index contributed by atoms with van der Waals surface area (Å²) in [7, 11) is 0. The molecule has 0 radical (unpaired) electrons. The zero-order valence-electron chi connectivity index (χ0n) is 7.34. The smallest absolute Gasteiger partial charge is 0.103 e. The summed E-state index contributed by atoms with van der Waals surface area (Å²) in [6.07, 6.45) is 1.73. The Kier molecular flexibility index (Phi) is 4.50. The van der Waals surface area contributed by atoms with Gasteiger partial charge in [-0.2, -0.15) is 0 Å². The molecule has 1 aliphatic rings. The van der Waals surface area contributed by atoms with E-state index in [2.05, 4.69) is 9.74 Å². The first-order chi connectivity index (χ1) is 5.83. The molecule has 2 N–H and O–H groups in total. The van der Waals surface area contributed by atoms with Gasteiger partial charge in [-0.3, -0.25) is 0 Å². The van der Waals surface area contributed by atoms with E-state index < -0.39 is 6.17 Å². The Morgan fingerprint density at radius 2 is 2.08 bits per heavy atom. The van der Waals surface area contributed by atoms with Gasteiger partial charge in [0.15, 0.2) is 0 Å². The van der Waals surface area contributed by atoms with E-state index in [-0.39, 0.29) is 0 Å². The quantitative estimate of drug-likeness (QED) is 0.506. The highest BCUT2D eigenvalue weighted by molar-refractivity contribution is 4.70. The molecule has 1 rings (SSSR count). The third kappa shape index (κ3) is 3.47. The molecule has 4 heteroatoms. The second-order valence-corrected chi connectivity index (χ2v) is 3.24. The van der Waals surface area contributed by atoms with E-state index in [1.807, 2.05) is 0 Å². The molecule has 1 heterocycles. The van der Waals surface area contributed by atoms with Crippen LogP contribution in [0.5, 0.6) is 0 Å². The van der Waals surface area contributed by atoms with Crippen LogP contribution in [0.15, 0.2) is 0 Å². The second-order valence-electron chi connectivity index (χ2n) is 3.24. The monoisotopic (exact) mass is 176 g/mol. The van der Waals surface area contributed by atoms with E-state index >= 15 is 0 Å². The van der Waals surface area contributed by atoms with E-state index in [1.165, 1.54) is 0 Å². The fourth-order valence-electron chi connectivity index (χ4n) is 1.50. The van der Waals surface area contributed by atoms with Crippen LogP contribution in [0.25, 0.3) is 0 Å². The lowest BCUT2D eigenvalue weighted by Crippen LogP contribution is -2.35. The van der Waals surface area contributed by atoms with Crippen molar-refractivity contribution in [1.82, 2.24) is 4.90 Å². The molecular formula is C8H17FN2O. The van der Waals surface area contributed by atoms with Crippen molar-refractivity contribution in [1.29, 1.82) is 0 Å². The zero-order valence-corrected chi connectivity index (χ0v) is 7.34. The van der Waals surface area contributed by atoms with E-state index in [9.17, 15) is 4.39 Å². The number of hydrogen-bond acceptors (Lipinski definition) is 3. The van der Waals surface area contributed by atoms with E-state index in [1.54, 1.807) is 0 Å². The van der Waals surface area contributed by atoms with Gasteiger partial charge in [0.05, 0.1) is 6.61 Å². The van der Waals surface area contributed by atoms with Gasteiger partial charge >= 0.3 is 0 Å². The van der Waals surface area contributed by atoms with Crippen LogP contribution in [0.3, 0.4) is 0 Å². The highest BCUT2D eigenvalue weighted by Gasteiger charge is 2.17. The average Bonchev–Trinajstić information content (AvgIpc) is 2.09. The molecule has 0 saturated carbocycles. The molecule has 0 unspecified atom stereocenters. The Morgan fingerprint density at radius 3 is 2.67 bits per heavy atom. The summed E-state index contributed by atoms with van der Waals surface area (Å²) in [5.41, 5.74) is 0. The Balaban J connectivity index is 2.01. The average molecular weight is 176 g/mol. The fourth-order valence-corrected chi connectivity index (χ4v) is 1.50. The lowest BCUT2D eigenvalue weighted by atomic mass is 10.1. The van der Waals surface area contributed by atoms with Gasteiger partial charge in [-0.25, -0.2) is 10.3 Å². The Labute approximate surface area is 72.6 Å². The van der Waals surface area contributed by atoms with Gasteiger partial charge in [0.1, 0.15) is 6.17 Å². The third-order valence-electron chi connectivity index (χ3n) is 2.25. The molecule has 0 atom stereocenters. The van der Waals surface area contributed by atoms with Gasteiger partial charge in [0, 0.05) is 19.6 Å². The number of alkyl halides is 1. The molecule has 1 aliphatic heterocycles. The molecule has 0 aliphatic carbocycles. The zero-order chi connectivity index (χ0) is 8.81. The highest BCUT2D eigenvalue weighted by Crippen LogP contribution is 2.12. The normalized spacial score (nSPS) is 21.5. The molecule has 3 nitrogen and oxygen atoms in total. The fraction of sp³-hybridized carbons (Fsp3) is 1.00. The number of likely N-dealkylation sites (tertiary alicyclic amines) is 1. The van der Waals surface area contributed by atoms with Crippen LogP contribution in [0.4, 0.5) is 4.39 Å². The lowest BCUT2D eigenvalue weighted by molar-refractivity contribution is 0.107. The molecule has 0 spiro atoms. The summed E-state index contributed by atoms with van der Waals surface area (Å²) >= 11 is 0. The minimum atomic E-state index is -0.577. The minimum Gasteiger partial charge on any atom is -0.305 e. The van der Waals surface area contributed by atoms with Crippen LogP contribution >= 0.6 is 0 Å². The molecule has 0 aromatic rings. The van der Waals surface area contributed by atoms with E-state index in [4.69, 9.17) is 5.90 Å². The second kappa shape index (κ2) is 5.45. The van der Waals surface area contributed by atoms with Gasteiger partial charge in [-0.1, -0.05) is 0 Å². The van der Waals surface area contributed by atoms with Crippen molar-refractivity contribution in [3.8, 4) is 0 Å². The summed E-state index contributed by atoms with van der Waals surface area (Å²) in [4.78, 5) is 6.71. The van der Waals surface area contributed by atoms with E-state index in [0.29, 0.717) is 19.4 Å². The maximum atomic E-state index is 12.7. The number of rotatable bonds is 4. The van der Waals surface area contributed by atoms with Crippen molar-refractivity contribution >= 4 is 0 Å². The van der Waals surface area contributed by atoms with Gasteiger partial charge in [-0.15, -0.1) is 0 Å². The summed E-state index contributed by atoms with van der Waals surface area (Å²) < 4.78 is 12.7. The molecule has 1 saturated heterocycles. The highest BCUT2D eigenvalue weighted by atomic mass is 19.1. The van der Waals surface area contributed by atoms with Crippen LogP contribution < -0.4 is 5.90 Å². The molecule has 0 amide bonds. The largest absolute Gasteiger partial charge is 0.305 e. The molecule has 0 aromatic carbocycles. The predicted molar refractivity (Wildman–Crippen MR) is 45.3 cm³/mol. The standard InChI is InChI=1S/C8H17FN2O/c9-8-2-5-11(6-3-8)4-1-7-12-10/h8H,1-7,10H2. The van der Waals surface area contributed by atoms with Gasteiger partial charge in [0.2, 0.25) is 0 Å². The number of hydrogen-bond donors (Lipinski definition) is 1. The van der Waals surface area contributed by atoms with Gasteiger partial charge in [-0.05, 0) is 19.3 Å². The molecule has 0 bridgehead atoms. The minimum absolute atomic E-state index is 0.577. The Morgan fingerprint density at radius 1 is 1.42 bits per heavy atom. The van der Waals surface area contributed by atoms with Crippen molar-refractivity contribution in [3.05, 3.63) is 0 Å². The molecule has 0 aromatic heterocycles. The number of piperidine rings is 1. The summed E-state index contributed by atoms with van der Waals surface area (Å²) in [5, 5.41) is 0. The van der Waals surface area contributed by atoms with Crippen LogP contribution in [0.2, 0.25) is 0 Å². The van der Waals surface area contributed by atoms with Crippen LogP contribution in [-0.4, -0.2) is 37.3 Å². The van der Waals surface area contributed by atoms with Crippen LogP contribution in [0, 0.1) is 0 Å². The van der Waals surface area contributed by atoms with Crippen molar-refractivity contribution in [2.75, 3.05) is 26.2 Å². The Hall–Kier alpha value is -0.190. The van der Waals surface area contributed by atoms with Crippen molar-refractivity contribution in [3.63, 3.8) is 0 Å². The summed E-state index contributed by atoms with van der Waals surface area (Å²) in [6.45, 7) is 3.33. The van der Waals surface area contributed by atoms with E-state index in [0.717, 1.165) is 26.1 Å². The SMILES string of the molecule is NOCCCN1CCC(F)CC1. The van der Waals surface area contributed by atoms with Crippen LogP contribution in [0.1, 0.15) is 19.3 Å². The molecule has 1 fully saturated rings. The van der Waals surface area contributed by atoms with Gasteiger partial charge < -0.3 is 9.74 Å². The van der Waals surface area contributed by atoms with Crippen molar-refractivity contribution in [2.24, 2.45) is 5.90 Å². The molecule has 72 valence electrons. The predicted octanol–water partition coefficient (Wildman–Crippen LogP) is 0.701. The van der Waals surface area contributed by atoms with Gasteiger partial charge in [0.25, 0.3) is 0 Å². The topological polar surface area (TPSA) is 38.5 Å². The van der Waals surface area contributed by atoms with Crippen molar-refractivity contribution < 1.29 is 9.23 Å². The van der Waals surface area contributed by atoms with Crippen molar-refractivity contribution in [2.45, 2.75) is 25.4 Å². The maximum absolute atomic E-state index is 12.7. The lowest BCUT2D eigenvalue weighted by Gasteiger charge is -2.28.